The first-order chi connectivity index (χ1) is 10.2. The van der Waals surface area contributed by atoms with Crippen LogP contribution in [0, 0.1) is 11.3 Å². The molecule has 4 nitrogen and oxygen atoms in total. The topological polar surface area (TPSA) is 48.3 Å². The van der Waals surface area contributed by atoms with Gasteiger partial charge in [-0.15, -0.1) is 0 Å². The van der Waals surface area contributed by atoms with Gasteiger partial charge in [-0.3, -0.25) is 5.32 Å². The Balaban J connectivity index is 1.67. The lowest BCUT2D eigenvalue weighted by atomic mass is 9.91. The smallest absolute Gasteiger partial charge is 0.106 e. The zero-order chi connectivity index (χ0) is 15.1. The minimum absolute atomic E-state index is 0.302. The summed E-state index contributed by atoms with van der Waals surface area (Å²) < 4.78 is 5.79. The molecule has 0 spiro atoms. The summed E-state index contributed by atoms with van der Waals surface area (Å²) in [6, 6.07) is 3.13. The third kappa shape index (κ3) is 5.58. The Labute approximate surface area is 129 Å². The van der Waals surface area contributed by atoms with Crippen LogP contribution in [-0.2, 0) is 4.74 Å². The first-order valence-corrected chi connectivity index (χ1v) is 8.66. The quantitative estimate of drug-likeness (QED) is 0.710. The molecule has 2 aliphatic rings. The van der Waals surface area contributed by atoms with Crippen LogP contribution in [0.25, 0.3) is 0 Å². The van der Waals surface area contributed by atoms with Crippen molar-refractivity contribution in [1.82, 2.24) is 10.2 Å². The van der Waals surface area contributed by atoms with Crippen molar-refractivity contribution in [1.29, 1.82) is 5.26 Å². The fourth-order valence-electron chi connectivity index (χ4n) is 3.18. The molecule has 1 aliphatic heterocycles. The Morgan fingerprint density at radius 1 is 1.33 bits per heavy atom. The first-order valence-electron chi connectivity index (χ1n) is 8.66. The molecule has 1 saturated heterocycles. The Hall–Kier alpha value is -0.630. The van der Waals surface area contributed by atoms with E-state index in [1.165, 1.54) is 32.1 Å². The Kier molecular flexibility index (Phi) is 6.47. The normalized spacial score (nSPS) is 25.5. The lowest BCUT2D eigenvalue weighted by molar-refractivity contribution is -0.00175. The van der Waals surface area contributed by atoms with Crippen molar-refractivity contribution >= 4 is 0 Å². The van der Waals surface area contributed by atoms with Crippen LogP contribution in [0.5, 0.6) is 0 Å². The van der Waals surface area contributed by atoms with E-state index in [-0.39, 0.29) is 5.54 Å². The predicted molar refractivity (Wildman–Crippen MR) is 85.1 cm³/mol. The van der Waals surface area contributed by atoms with Crippen LogP contribution >= 0.6 is 0 Å². The standard InChI is InChI=1S/C17H31N3O/c1-3-17(14-18,19-15-8-9-15)10-6-11-20(2)13-16-7-4-5-12-21-16/h15-16,19H,3-13H2,1-2H3. The van der Waals surface area contributed by atoms with Crippen molar-refractivity contribution in [2.24, 2.45) is 0 Å². The van der Waals surface area contributed by atoms with Crippen molar-refractivity contribution in [3.05, 3.63) is 0 Å². The summed E-state index contributed by atoms with van der Waals surface area (Å²) in [4.78, 5) is 2.37. The maximum absolute atomic E-state index is 9.53. The molecule has 0 bridgehead atoms. The molecule has 2 rings (SSSR count). The van der Waals surface area contributed by atoms with Crippen molar-refractivity contribution < 1.29 is 4.74 Å². The highest BCUT2D eigenvalue weighted by atomic mass is 16.5. The average Bonchev–Trinajstić information content (AvgIpc) is 3.31. The van der Waals surface area contributed by atoms with E-state index in [4.69, 9.17) is 4.74 Å². The number of nitrogens with one attached hydrogen (secondary N) is 1. The number of hydrogen-bond donors (Lipinski definition) is 1. The van der Waals surface area contributed by atoms with E-state index in [1.807, 2.05) is 0 Å². The maximum Gasteiger partial charge on any atom is 0.106 e. The highest BCUT2D eigenvalue weighted by Crippen LogP contribution is 2.26. The Bertz CT molecular complexity index is 344. The summed E-state index contributed by atoms with van der Waals surface area (Å²) >= 11 is 0. The Morgan fingerprint density at radius 2 is 2.14 bits per heavy atom. The molecule has 1 heterocycles. The number of likely N-dealkylation sites (N-methyl/N-ethyl adjacent to an activating group) is 1. The molecule has 21 heavy (non-hydrogen) atoms. The fraction of sp³-hybridized carbons (Fsp3) is 0.941. The van der Waals surface area contributed by atoms with E-state index >= 15 is 0 Å². The Morgan fingerprint density at radius 3 is 2.71 bits per heavy atom. The van der Waals surface area contributed by atoms with Crippen molar-refractivity contribution in [2.45, 2.75) is 76.0 Å². The second-order valence-electron chi connectivity index (χ2n) is 6.82. The van der Waals surface area contributed by atoms with Crippen molar-refractivity contribution in [3.8, 4) is 6.07 Å². The lowest BCUT2D eigenvalue weighted by Gasteiger charge is -2.30. The van der Waals surface area contributed by atoms with E-state index in [1.54, 1.807) is 0 Å². The van der Waals surface area contributed by atoms with E-state index in [9.17, 15) is 5.26 Å². The first kappa shape index (κ1) is 16.7. The van der Waals surface area contributed by atoms with Gasteiger partial charge in [-0.05, 0) is 65.0 Å². The van der Waals surface area contributed by atoms with Gasteiger partial charge in [0.05, 0.1) is 12.2 Å². The average molecular weight is 293 g/mol. The van der Waals surface area contributed by atoms with Crippen LogP contribution in [0.15, 0.2) is 0 Å². The molecule has 2 atom stereocenters. The molecule has 120 valence electrons. The largest absolute Gasteiger partial charge is 0.377 e. The summed E-state index contributed by atoms with van der Waals surface area (Å²) in [6.07, 6.45) is 9.53. The van der Waals surface area contributed by atoms with E-state index in [0.717, 1.165) is 39.0 Å². The summed E-state index contributed by atoms with van der Waals surface area (Å²) in [7, 11) is 2.17. The van der Waals surface area contributed by atoms with E-state index < -0.39 is 0 Å². The molecule has 1 saturated carbocycles. The van der Waals surface area contributed by atoms with Crippen LogP contribution < -0.4 is 5.32 Å². The minimum Gasteiger partial charge on any atom is -0.377 e. The lowest BCUT2D eigenvalue weighted by Crippen LogP contribution is -2.45. The van der Waals surface area contributed by atoms with Crippen molar-refractivity contribution in [2.75, 3.05) is 26.7 Å². The summed E-state index contributed by atoms with van der Waals surface area (Å²) in [5.41, 5.74) is -0.302. The molecule has 1 N–H and O–H groups in total. The molecular weight excluding hydrogens is 262 g/mol. The summed E-state index contributed by atoms with van der Waals surface area (Å²) in [5.74, 6) is 0. The number of hydrogen-bond acceptors (Lipinski definition) is 4. The monoisotopic (exact) mass is 293 g/mol. The van der Waals surface area contributed by atoms with Gasteiger partial charge in [0, 0.05) is 19.2 Å². The number of rotatable bonds is 9. The van der Waals surface area contributed by atoms with Gasteiger partial charge >= 0.3 is 0 Å². The zero-order valence-corrected chi connectivity index (χ0v) is 13.7. The third-order valence-corrected chi connectivity index (χ3v) is 4.81. The van der Waals surface area contributed by atoms with Gasteiger partial charge in [0.2, 0.25) is 0 Å². The van der Waals surface area contributed by atoms with Gasteiger partial charge in [-0.1, -0.05) is 6.92 Å². The number of ether oxygens (including phenoxy) is 1. The summed E-state index contributed by atoms with van der Waals surface area (Å²) in [6.45, 7) is 5.13. The molecule has 0 aromatic carbocycles. The molecule has 0 aromatic rings. The predicted octanol–water partition coefficient (Wildman–Crippen LogP) is 2.69. The molecule has 2 unspecified atom stereocenters. The van der Waals surface area contributed by atoms with Crippen LogP contribution in [0.2, 0.25) is 0 Å². The SMILES string of the molecule is CCC(C#N)(CCCN(C)CC1CCCCO1)NC1CC1. The minimum atomic E-state index is -0.302. The van der Waals surface area contributed by atoms with Crippen LogP contribution in [0.3, 0.4) is 0 Å². The van der Waals surface area contributed by atoms with Gasteiger partial charge in [-0.25, -0.2) is 0 Å². The highest BCUT2D eigenvalue weighted by molar-refractivity contribution is 5.09. The van der Waals surface area contributed by atoms with Crippen LogP contribution in [-0.4, -0.2) is 49.3 Å². The second kappa shape index (κ2) is 8.12. The molecular formula is C17H31N3O. The maximum atomic E-state index is 9.53. The van der Waals surface area contributed by atoms with Crippen molar-refractivity contribution in [3.63, 3.8) is 0 Å². The van der Waals surface area contributed by atoms with Gasteiger partial charge in [0.25, 0.3) is 0 Å². The molecule has 1 aliphatic carbocycles. The van der Waals surface area contributed by atoms with Gasteiger partial charge in [0.1, 0.15) is 5.54 Å². The zero-order valence-electron chi connectivity index (χ0n) is 13.7. The van der Waals surface area contributed by atoms with Crippen LogP contribution in [0.1, 0.15) is 58.3 Å². The van der Waals surface area contributed by atoms with E-state index in [0.29, 0.717) is 12.1 Å². The fourth-order valence-corrected chi connectivity index (χ4v) is 3.18. The molecule has 0 radical (unpaired) electrons. The van der Waals surface area contributed by atoms with Crippen LogP contribution in [0.4, 0.5) is 0 Å². The molecule has 2 fully saturated rings. The highest BCUT2D eigenvalue weighted by Gasteiger charge is 2.34. The third-order valence-electron chi connectivity index (χ3n) is 4.81. The molecule has 4 heteroatoms. The number of nitriles is 1. The number of nitrogens with zero attached hydrogens (tertiary/aromatic N) is 2. The second-order valence-corrected chi connectivity index (χ2v) is 6.82. The van der Waals surface area contributed by atoms with Gasteiger partial charge < -0.3 is 9.64 Å². The van der Waals surface area contributed by atoms with Gasteiger partial charge in [0.15, 0.2) is 0 Å². The molecule has 0 amide bonds. The molecule has 0 aromatic heterocycles. The van der Waals surface area contributed by atoms with Gasteiger partial charge in [-0.2, -0.15) is 5.26 Å². The van der Waals surface area contributed by atoms with E-state index in [2.05, 4.69) is 30.3 Å². The summed E-state index contributed by atoms with van der Waals surface area (Å²) in [5, 5.41) is 13.1.